The molecule has 1 aromatic heterocycles. The molecule has 2 aromatic carbocycles. The third-order valence-corrected chi connectivity index (χ3v) is 5.31. The maximum atomic E-state index is 11.3. The summed E-state index contributed by atoms with van der Waals surface area (Å²) in [5.74, 6) is 0.379. The van der Waals surface area contributed by atoms with Crippen molar-refractivity contribution in [2.75, 3.05) is 12.4 Å². The van der Waals surface area contributed by atoms with E-state index in [1.165, 1.54) is 47.9 Å². The van der Waals surface area contributed by atoms with Crippen molar-refractivity contribution < 1.29 is 9.66 Å². The smallest absolute Gasteiger partial charge is 0.296 e. The van der Waals surface area contributed by atoms with Crippen LogP contribution in [-0.4, -0.2) is 17.0 Å². The average Bonchev–Trinajstić information content (AvgIpc) is 3.20. The van der Waals surface area contributed by atoms with Gasteiger partial charge in [-0.2, -0.15) is 5.26 Å². The van der Waals surface area contributed by atoms with Crippen molar-refractivity contribution in [1.82, 2.24) is 4.98 Å². The van der Waals surface area contributed by atoms with Crippen LogP contribution in [0.1, 0.15) is 16.1 Å². The molecule has 0 spiro atoms. The number of rotatable bonds is 6. The Hall–Kier alpha value is -3.70. The number of anilines is 1. The van der Waals surface area contributed by atoms with E-state index in [2.05, 4.69) is 22.4 Å². The topological polar surface area (TPSA) is 101 Å². The second-order valence-corrected chi connectivity index (χ2v) is 7.15. The fraction of sp³-hybridized carbons (Fsp3) is 0.143. The summed E-state index contributed by atoms with van der Waals surface area (Å²) < 4.78 is 5.03. The second kappa shape index (κ2) is 8.54. The zero-order valence-corrected chi connectivity index (χ0v) is 16.9. The summed E-state index contributed by atoms with van der Waals surface area (Å²) in [6.45, 7) is 4.09. The van der Waals surface area contributed by atoms with Crippen LogP contribution < -0.4 is 10.1 Å². The fourth-order valence-electron chi connectivity index (χ4n) is 2.63. The van der Waals surface area contributed by atoms with Crippen LogP contribution in [0.15, 0.2) is 48.0 Å². The predicted molar refractivity (Wildman–Crippen MR) is 114 cm³/mol. The van der Waals surface area contributed by atoms with Gasteiger partial charge in [0.15, 0.2) is 0 Å². The minimum absolute atomic E-state index is 0.146. The zero-order chi connectivity index (χ0) is 21.0. The molecule has 1 heterocycles. The van der Waals surface area contributed by atoms with Crippen molar-refractivity contribution in [3.8, 4) is 23.1 Å². The van der Waals surface area contributed by atoms with E-state index in [0.717, 1.165) is 11.3 Å². The Labute approximate surface area is 172 Å². The van der Waals surface area contributed by atoms with E-state index in [0.29, 0.717) is 10.8 Å². The minimum atomic E-state index is -0.508. The number of benzene rings is 2. The molecule has 0 amide bonds. The standard InChI is InChI=1S/C21H18N4O3S/c1-13-4-5-15(8-14(13)2)19-12-29-21(24-19)16(10-22)11-23-18-7-6-17(28-3)9-20(18)25(26)27/h4-9,11-12,23H,1-3H3/b16-11+. The van der Waals surface area contributed by atoms with Crippen LogP contribution in [0.3, 0.4) is 0 Å². The van der Waals surface area contributed by atoms with Crippen LogP contribution >= 0.6 is 11.3 Å². The third-order valence-electron chi connectivity index (χ3n) is 4.43. The molecule has 0 bridgehead atoms. The molecule has 0 aliphatic heterocycles. The predicted octanol–water partition coefficient (Wildman–Crippen LogP) is 5.32. The molecule has 7 nitrogen and oxygen atoms in total. The van der Waals surface area contributed by atoms with Crippen molar-refractivity contribution in [3.05, 3.63) is 74.2 Å². The number of ether oxygens (including phenoxy) is 1. The summed E-state index contributed by atoms with van der Waals surface area (Å²) in [5.41, 5.74) is 4.53. The van der Waals surface area contributed by atoms with E-state index in [-0.39, 0.29) is 16.9 Å². The number of nitrogens with zero attached hydrogens (tertiary/aromatic N) is 3. The van der Waals surface area contributed by atoms with Gasteiger partial charge in [0.25, 0.3) is 5.69 Å². The number of nitrogens with one attached hydrogen (secondary N) is 1. The fourth-order valence-corrected chi connectivity index (χ4v) is 3.43. The summed E-state index contributed by atoms with van der Waals surface area (Å²) in [6.07, 6.45) is 1.43. The summed E-state index contributed by atoms with van der Waals surface area (Å²) in [6, 6.07) is 12.7. The number of hydrogen-bond donors (Lipinski definition) is 1. The number of hydrogen-bond acceptors (Lipinski definition) is 7. The first-order chi connectivity index (χ1) is 13.9. The first-order valence-electron chi connectivity index (χ1n) is 8.65. The monoisotopic (exact) mass is 406 g/mol. The van der Waals surface area contributed by atoms with Gasteiger partial charge in [0.05, 0.1) is 23.8 Å². The second-order valence-electron chi connectivity index (χ2n) is 6.29. The van der Waals surface area contributed by atoms with Gasteiger partial charge in [0.1, 0.15) is 28.1 Å². The number of nitro benzene ring substituents is 1. The first kappa shape index (κ1) is 20.0. The van der Waals surface area contributed by atoms with E-state index in [1.807, 2.05) is 31.4 Å². The molecule has 0 fully saturated rings. The summed E-state index contributed by atoms with van der Waals surface area (Å²) in [4.78, 5) is 15.3. The van der Waals surface area contributed by atoms with Gasteiger partial charge in [0.2, 0.25) is 0 Å². The van der Waals surface area contributed by atoms with E-state index in [1.54, 1.807) is 6.07 Å². The molecule has 0 atom stereocenters. The number of nitro groups is 1. The van der Waals surface area contributed by atoms with Gasteiger partial charge in [-0.1, -0.05) is 12.1 Å². The lowest BCUT2D eigenvalue weighted by molar-refractivity contribution is -0.384. The van der Waals surface area contributed by atoms with Gasteiger partial charge < -0.3 is 10.1 Å². The van der Waals surface area contributed by atoms with Gasteiger partial charge in [-0.3, -0.25) is 10.1 Å². The van der Waals surface area contributed by atoms with Gasteiger partial charge >= 0.3 is 0 Å². The van der Waals surface area contributed by atoms with Crippen LogP contribution in [0.25, 0.3) is 16.8 Å². The molecule has 0 aliphatic rings. The molecule has 3 aromatic rings. The van der Waals surface area contributed by atoms with Crippen LogP contribution in [-0.2, 0) is 0 Å². The van der Waals surface area contributed by atoms with Crippen molar-refractivity contribution in [2.45, 2.75) is 13.8 Å². The molecule has 0 aliphatic carbocycles. The molecular formula is C21H18N4O3S. The summed E-state index contributed by atoms with van der Waals surface area (Å²) >= 11 is 1.34. The van der Waals surface area contributed by atoms with Crippen molar-refractivity contribution in [2.24, 2.45) is 0 Å². The number of nitriles is 1. The highest BCUT2D eigenvalue weighted by Crippen LogP contribution is 2.31. The highest BCUT2D eigenvalue weighted by Gasteiger charge is 2.15. The number of aromatic nitrogens is 1. The highest BCUT2D eigenvalue weighted by atomic mass is 32.1. The van der Waals surface area contributed by atoms with Gasteiger partial charge in [-0.15, -0.1) is 11.3 Å². The zero-order valence-electron chi connectivity index (χ0n) is 16.1. The largest absolute Gasteiger partial charge is 0.496 e. The Morgan fingerprint density at radius 2 is 2.07 bits per heavy atom. The molecule has 8 heteroatoms. The molecule has 0 saturated heterocycles. The molecular weight excluding hydrogens is 388 g/mol. The van der Waals surface area contributed by atoms with E-state index >= 15 is 0 Å². The Morgan fingerprint density at radius 1 is 1.28 bits per heavy atom. The molecule has 0 radical (unpaired) electrons. The normalized spacial score (nSPS) is 11.0. The number of methoxy groups -OCH3 is 1. The Morgan fingerprint density at radius 3 is 2.72 bits per heavy atom. The Kier molecular flexibility index (Phi) is 5.90. The molecule has 0 unspecified atom stereocenters. The maximum Gasteiger partial charge on any atom is 0.296 e. The van der Waals surface area contributed by atoms with Gasteiger partial charge in [-0.05, 0) is 43.2 Å². The lowest BCUT2D eigenvalue weighted by Gasteiger charge is -2.05. The van der Waals surface area contributed by atoms with Crippen LogP contribution in [0.5, 0.6) is 5.75 Å². The lowest BCUT2D eigenvalue weighted by atomic mass is 10.1. The number of aryl methyl sites for hydroxylation is 2. The van der Waals surface area contributed by atoms with Gasteiger partial charge in [-0.25, -0.2) is 4.98 Å². The van der Waals surface area contributed by atoms with Crippen molar-refractivity contribution >= 4 is 28.3 Å². The minimum Gasteiger partial charge on any atom is -0.496 e. The molecule has 29 heavy (non-hydrogen) atoms. The maximum absolute atomic E-state index is 11.3. The van der Waals surface area contributed by atoms with Crippen LogP contribution in [0.2, 0.25) is 0 Å². The van der Waals surface area contributed by atoms with E-state index < -0.39 is 4.92 Å². The SMILES string of the molecule is COc1ccc(N/C=C(\C#N)c2nc(-c3ccc(C)c(C)c3)cs2)c([N+](=O)[O-])c1. The summed E-state index contributed by atoms with van der Waals surface area (Å²) in [7, 11) is 1.44. The van der Waals surface area contributed by atoms with E-state index in [9.17, 15) is 15.4 Å². The lowest BCUT2D eigenvalue weighted by Crippen LogP contribution is -1.98. The average molecular weight is 406 g/mol. The van der Waals surface area contributed by atoms with Crippen LogP contribution in [0.4, 0.5) is 11.4 Å². The third kappa shape index (κ3) is 4.42. The highest BCUT2D eigenvalue weighted by molar-refractivity contribution is 7.11. The van der Waals surface area contributed by atoms with Crippen molar-refractivity contribution in [1.29, 1.82) is 5.26 Å². The number of thiazole rings is 1. The molecule has 3 rings (SSSR count). The molecule has 0 saturated carbocycles. The van der Waals surface area contributed by atoms with Crippen molar-refractivity contribution in [3.63, 3.8) is 0 Å². The Bertz CT molecular complexity index is 1150. The van der Waals surface area contributed by atoms with Crippen LogP contribution in [0, 0.1) is 35.3 Å². The Balaban J connectivity index is 1.88. The molecule has 1 N–H and O–H groups in total. The quantitative estimate of drug-likeness (QED) is 0.338. The first-order valence-corrected chi connectivity index (χ1v) is 9.53. The molecule has 146 valence electrons. The number of allylic oxidation sites excluding steroid dienone is 1. The van der Waals surface area contributed by atoms with E-state index in [4.69, 9.17) is 4.74 Å². The summed E-state index contributed by atoms with van der Waals surface area (Å²) in [5, 5.41) is 26.1. The van der Waals surface area contributed by atoms with Gasteiger partial charge in [0, 0.05) is 17.1 Å².